The van der Waals surface area contributed by atoms with Crippen LogP contribution < -0.4 is 4.90 Å². The summed E-state index contributed by atoms with van der Waals surface area (Å²) in [5.74, 6) is -1.15. The molecule has 1 aliphatic heterocycles. The molecule has 1 atom stereocenters. The van der Waals surface area contributed by atoms with Gasteiger partial charge in [0.05, 0.1) is 11.3 Å². The van der Waals surface area contributed by atoms with Gasteiger partial charge in [-0.3, -0.25) is 9.59 Å². The Labute approximate surface area is 193 Å². The van der Waals surface area contributed by atoms with E-state index in [0.29, 0.717) is 11.3 Å². The smallest absolute Gasteiger partial charge is 0.301 e. The molecule has 1 aliphatic rings. The number of carbonyl (C=O) groups excluding carboxylic acids is 2. The van der Waals surface area contributed by atoms with Crippen LogP contribution in [0.5, 0.6) is 0 Å². The molecule has 2 heterocycles. The molecular formula is C26H29N3O4. The van der Waals surface area contributed by atoms with Crippen LogP contribution in [0.1, 0.15) is 25.3 Å². The molecule has 0 bridgehead atoms. The number of hydrogen-bond acceptors (Lipinski definition) is 5. The Morgan fingerprint density at radius 3 is 2.39 bits per heavy atom. The van der Waals surface area contributed by atoms with Crippen molar-refractivity contribution in [2.75, 3.05) is 25.5 Å². The van der Waals surface area contributed by atoms with E-state index < -0.39 is 18.1 Å². The number of carbonyl (C=O) groups is 2. The largest absolute Gasteiger partial charge is 0.458 e. The number of imide groups is 1. The third-order valence-electron chi connectivity index (χ3n) is 5.72. The topological polar surface area (TPSA) is 75.0 Å². The van der Waals surface area contributed by atoms with Crippen LogP contribution >= 0.6 is 0 Å². The fraction of sp³-hybridized carbons (Fsp3) is 0.308. The molecule has 4 rings (SSSR count). The first-order chi connectivity index (χ1) is 15.9. The van der Waals surface area contributed by atoms with Crippen molar-refractivity contribution < 1.29 is 19.4 Å². The van der Waals surface area contributed by atoms with Crippen molar-refractivity contribution in [3.63, 3.8) is 0 Å². The molecule has 0 aliphatic carbocycles. The highest BCUT2D eigenvalue weighted by Gasteiger charge is 2.43. The number of amides is 2. The Morgan fingerprint density at radius 2 is 1.70 bits per heavy atom. The lowest BCUT2D eigenvalue weighted by Crippen LogP contribution is -2.32. The third-order valence-corrected chi connectivity index (χ3v) is 5.72. The SMILES string of the molecule is CCC(O)OC1=C(c2cn(CCCN(C)C)c3ccccc23)C(=O)N(c2ccccc2)C1=O. The molecule has 0 fully saturated rings. The summed E-state index contributed by atoms with van der Waals surface area (Å²) in [5.41, 5.74) is 2.25. The number of aliphatic hydroxyl groups excluding tert-OH is 1. The van der Waals surface area contributed by atoms with Gasteiger partial charge >= 0.3 is 5.91 Å². The molecule has 33 heavy (non-hydrogen) atoms. The standard InChI is InChI=1S/C26H29N3O4/c1-4-22(30)33-24-23(25(31)29(26(24)32)18-11-6-5-7-12-18)20-17-28(16-10-15-27(2)3)21-14-9-8-13-19(20)21/h5-9,11-14,17,22,30H,4,10,15-16H2,1-3H3. The normalized spacial score (nSPS) is 15.2. The molecule has 2 amide bonds. The molecule has 0 saturated carbocycles. The van der Waals surface area contributed by atoms with Gasteiger partial charge in [-0.25, -0.2) is 4.90 Å². The maximum absolute atomic E-state index is 13.6. The number of ether oxygens (including phenoxy) is 1. The summed E-state index contributed by atoms with van der Waals surface area (Å²) in [6, 6.07) is 16.6. The zero-order chi connectivity index (χ0) is 23.5. The zero-order valence-electron chi connectivity index (χ0n) is 19.2. The lowest BCUT2D eigenvalue weighted by atomic mass is 10.0. The van der Waals surface area contributed by atoms with Gasteiger partial charge in [-0.2, -0.15) is 0 Å². The van der Waals surface area contributed by atoms with Crippen LogP contribution in [0.4, 0.5) is 5.69 Å². The molecule has 172 valence electrons. The van der Waals surface area contributed by atoms with Crippen LogP contribution in [0.15, 0.2) is 66.6 Å². The molecule has 1 N–H and O–H groups in total. The number of hydrogen-bond donors (Lipinski definition) is 1. The molecule has 7 heteroatoms. The van der Waals surface area contributed by atoms with Crippen LogP contribution in [-0.4, -0.2) is 53.3 Å². The average Bonchev–Trinajstić information content (AvgIpc) is 3.28. The van der Waals surface area contributed by atoms with E-state index in [-0.39, 0.29) is 17.8 Å². The number of aryl methyl sites for hydroxylation is 1. The van der Waals surface area contributed by atoms with Crippen molar-refractivity contribution in [2.45, 2.75) is 32.6 Å². The van der Waals surface area contributed by atoms with E-state index in [0.717, 1.165) is 35.3 Å². The molecular weight excluding hydrogens is 418 g/mol. The highest BCUT2D eigenvalue weighted by atomic mass is 16.6. The van der Waals surface area contributed by atoms with Crippen molar-refractivity contribution in [1.29, 1.82) is 0 Å². The number of para-hydroxylation sites is 2. The zero-order valence-corrected chi connectivity index (χ0v) is 19.2. The predicted octanol–water partition coefficient (Wildman–Crippen LogP) is 3.62. The Kier molecular flexibility index (Phi) is 6.62. The first-order valence-electron chi connectivity index (χ1n) is 11.2. The van der Waals surface area contributed by atoms with Crippen LogP contribution in [0.25, 0.3) is 16.5 Å². The highest BCUT2D eigenvalue weighted by Crippen LogP contribution is 2.38. The second kappa shape index (κ2) is 9.60. The van der Waals surface area contributed by atoms with E-state index >= 15 is 0 Å². The summed E-state index contributed by atoms with van der Waals surface area (Å²) in [4.78, 5) is 30.2. The molecule has 3 aromatic rings. The average molecular weight is 448 g/mol. The number of rotatable bonds is 9. The van der Waals surface area contributed by atoms with E-state index in [9.17, 15) is 14.7 Å². The summed E-state index contributed by atoms with van der Waals surface area (Å²) < 4.78 is 7.75. The number of fused-ring (bicyclic) bond motifs is 1. The fourth-order valence-electron chi connectivity index (χ4n) is 4.08. The number of benzene rings is 2. The van der Waals surface area contributed by atoms with Gasteiger partial charge in [0.2, 0.25) is 5.76 Å². The van der Waals surface area contributed by atoms with Gasteiger partial charge in [-0.05, 0) is 45.3 Å². The van der Waals surface area contributed by atoms with E-state index in [4.69, 9.17) is 4.74 Å². The molecule has 0 spiro atoms. The van der Waals surface area contributed by atoms with Crippen LogP contribution in [0.3, 0.4) is 0 Å². The van der Waals surface area contributed by atoms with Crippen LogP contribution in [0.2, 0.25) is 0 Å². The monoisotopic (exact) mass is 447 g/mol. The van der Waals surface area contributed by atoms with Crippen molar-refractivity contribution in [1.82, 2.24) is 9.47 Å². The number of anilines is 1. The number of aromatic nitrogens is 1. The number of nitrogens with zero attached hydrogens (tertiary/aromatic N) is 3. The predicted molar refractivity (Wildman–Crippen MR) is 128 cm³/mol. The van der Waals surface area contributed by atoms with E-state index in [2.05, 4.69) is 9.47 Å². The molecule has 1 aromatic heterocycles. The molecule has 1 unspecified atom stereocenters. The van der Waals surface area contributed by atoms with Crippen LogP contribution in [-0.2, 0) is 20.9 Å². The summed E-state index contributed by atoms with van der Waals surface area (Å²) in [5, 5.41) is 11.0. The minimum atomic E-state index is -1.18. The van der Waals surface area contributed by atoms with Gasteiger partial charge in [0, 0.05) is 35.6 Å². The summed E-state index contributed by atoms with van der Waals surface area (Å²) >= 11 is 0. The summed E-state index contributed by atoms with van der Waals surface area (Å²) in [7, 11) is 4.07. The van der Waals surface area contributed by atoms with Crippen molar-refractivity contribution >= 4 is 34.0 Å². The van der Waals surface area contributed by atoms with Gasteiger partial charge in [0.15, 0.2) is 6.29 Å². The van der Waals surface area contributed by atoms with Gasteiger partial charge in [-0.1, -0.05) is 43.3 Å². The van der Waals surface area contributed by atoms with Crippen LogP contribution in [0, 0.1) is 0 Å². The Bertz CT molecular complexity index is 1200. The first kappa shape index (κ1) is 22.8. The second-order valence-electron chi connectivity index (χ2n) is 8.38. The second-order valence-corrected chi connectivity index (χ2v) is 8.38. The van der Waals surface area contributed by atoms with Gasteiger partial charge in [0.25, 0.3) is 5.91 Å². The van der Waals surface area contributed by atoms with Crippen molar-refractivity contribution in [3.05, 3.63) is 72.1 Å². The Balaban J connectivity index is 1.83. The Hall–Kier alpha value is -3.42. The minimum absolute atomic E-state index is 0.116. The quantitative estimate of drug-likeness (QED) is 0.401. The maximum atomic E-state index is 13.6. The fourth-order valence-corrected chi connectivity index (χ4v) is 4.08. The summed E-state index contributed by atoms with van der Waals surface area (Å²) in [6.45, 7) is 3.45. The van der Waals surface area contributed by atoms with Crippen molar-refractivity contribution in [3.8, 4) is 0 Å². The van der Waals surface area contributed by atoms with Crippen molar-refractivity contribution in [2.24, 2.45) is 0 Å². The minimum Gasteiger partial charge on any atom is -0.458 e. The molecule has 0 radical (unpaired) electrons. The van der Waals surface area contributed by atoms with Gasteiger partial charge in [0.1, 0.15) is 0 Å². The van der Waals surface area contributed by atoms with E-state index in [1.165, 1.54) is 0 Å². The molecule has 0 saturated heterocycles. The lowest BCUT2D eigenvalue weighted by molar-refractivity contribution is -0.126. The lowest BCUT2D eigenvalue weighted by Gasteiger charge is -2.15. The summed E-state index contributed by atoms with van der Waals surface area (Å²) in [6.07, 6.45) is 1.95. The van der Waals surface area contributed by atoms with E-state index in [1.807, 2.05) is 50.6 Å². The molecule has 7 nitrogen and oxygen atoms in total. The Morgan fingerprint density at radius 1 is 1.00 bits per heavy atom. The van der Waals surface area contributed by atoms with Gasteiger partial charge in [-0.15, -0.1) is 0 Å². The van der Waals surface area contributed by atoms with E-state index in [1.54, 1.807) is 31.2 Å². The third kappa shape index (κ3) is 4.42. The highest BCUT2D eigenvalue weighted by molar-refractivity contribution is 6.46. The van der Waals surface area contributed by atoms with Gasteiger partial charge < -0.3 is 19.3 Å². The first-order valence-corrected chi connectivity index (χ1v) is 11.2. The number of aliphatic hydroxyl groups is 1. The maximum Gasteiger partial charge on any atom is 0.301 e. The molecule has 2 aromatic carbocycles.